The highest BCUT2D eigenvalue weighted by Gasteiger charge is 2.47. The Kier molecular flexibility index (Phi) is 9.47. The zero-order chi connectivity index (χ0) is 30.9. The second-order valence-corrected chi connectivity index (χ2v) is 12.7. The summed E-state index contributed by atoms with van der Waals surface area (Å²) in [6.45, 7) is 6.26. The van der Waals surface area contributed by atoms with Gasteiger partial charge in [-0.2, -0.15) is 0 Å². The highest BCUT2D eigenvalue weighted by atomic mass is 35.5. The average molecular weight is 622 g/mol. The van der Waals surface area contributed by atoms with E-state index in [1.807, 2.05) is 20.8 Å². The zero-order valence-corrected chi connectivity index (χ0v) is 25.6. The van der Waals surface area contributed by atoms with Crippen LogP contribution in [-0.4, -0.2) is 110 Å². The summed E-state index contributed by atoms with van der Waals surface area (Å²) >= 11 is 6.15. The first kappa shape index (κ1) is 31.5. The molecule has 2 fully saturated rings. The highest BCUT2D eigenvalue weighted by molar-refractivity contribution is 6.32. The number of carbonyl (C=O) groups excluding carboxylic acids is 1. The molecular formula is C29H40ClN5O8. The van der Waals surface area contributed by atoms with E-state index >= 15 is 0 Å². The van der Waals surface area contributed by atoms with Crippen LogP contribution in [0.1, 0.15) is 52.5 Å². The van der Waals surface area contributed by atoms with Gasteiger partial charge in [-0.15, -0.1) is 5.10 Å². The standard InChI is InChI=1S/C29H40ClN5O8/c1-29(2,3)42-28(39)34-9-7-16(8-10-34)20-12-18(43-32-20)13-23-26(37)25(27(38)24(15-36)41-23)35-14-21(31-33-35)17-5-6-19(30)22(11-17)40-4/h5-6,11,14,16,18,23-27,36-38H,7-10,12-13,15H2,1-4H3/t18?,23-,24-,25-,26+,27+/m1/s1. The van der Waals surface area contributed by atoms with Crippen molar-refractivity contribution >= 4 is 23.4 Å². The summed E-state index contributed by atoms with van der Waals surface area (Å²) in [6.07, 6.45) is -0.782. The summed E-state index contributed by atoms with van der Waals surface area (Å²) in [6, 6.07) is 4.26. The predicted octanol–water partition coefficient (Wildman–Crippen LogP) is 2.81. The fraction of sp³-hybridized carbons (Fsp3) is 0.655. The molecular weight excluding hydrogens is 582 g/mol. The molecule has 0 radical (unpaired) electrons. The van der Waals surface area contributed by atoms with Crippen LogP contribution >= 0.6 is 11.6 Å². The summed E-state index contributed by atoms with van der Waals surface area (Å²) in [5, 5.41) is 45.5. The van der Waals surface area contributed by atoms with Crippen molar-refractivity contribution in [2.24, 2.45) is 11.1 Å². The van der Waals surface area contributed by atoms with Gasteiger partial charge < -0.3 is 39.3 Å². The first-order chi connectivity index (χ1) is 20.5. The second kappa shape index (κ2) is 12.9. The molecule has 1 amide bonds. The van der Waals surface area contributed by atoms with Crippen molar-refractivity contribution in [3.05, 3.63) is 29.4 Å². The molecule has 3 aliphatic heterocycles. The van der Waals surface area contributed by atoms with Crippen LogP contribution in [0.5, 0.6) is 5.75 Å². The molecule has 4 heterocycles. The molecule has 3 aliphatic rings. The lowest BCUT2D eigenvalue weighted by Gasteiger charge is -2.42. The Labute approximate surface area is 255 Å². The van der Waals surface area contributed by atoms with E-state index in [4.69, 9.17) is 30.6 Å². The first-order valence-corrected chi connectivity index (χ1v) is 14.9. The van der Waals surface area contributed by atoms with Crippen LogP contribution in [-0.2, 0) is 14.3 Å². The molecule has 2 saturated heterocycles. The lowest BCUT2D eigenvalue weighted by Crippen LogP contribution is -2.56. The third-order valence-electron chi connectivity index (χ3n) is 8.12. The number of carbonyl (C=O) groups is 1. The Morgan fingerprint density at radius 3 is 2.56 bits per heavy atom. The van der Waals surface area contributed by atoms with E-state index in [9.17, 15) is 20.1 Å². The molecule has 3 N–H and O–H groups in total. The van der Waals surface area contributed by atoms with Crippen molar-refractivity contribution in [3.8, 4) is 17.0 Å². The monoisotopic (exact) mass is 621 g/mol. The van der Waals surface area contributed by atoms with Gasteiger partial charge in [0.05, 0.1) is 36.8 Å². The van der Waals surface area contributed by atoms with E-state index in [-0.39, 0.29) is 18.1 Å². The SMILES string of the molecule is COc1cc(-c2cn([C@H]3[C@@H](O)[C@@H](CO)O[C@H](CC4CC(C5CCN(C(=O)OC(C)(C)C)CC5)=NO4)[C@@H]3O)nn2)ccc1Cl. The third kappa shape index (κ3) is 7.07. The predicted molar refractivity (Wildman–Crippen MR) is 156 cm³/mol. The number of hydrogen-bond acceptors (Lipinski definition) is 11. The van der Waals surface area contributed by atoms with Crippen LogP contribution < -0.4 is 4.74 Å². The lowest BCUT2D eigenvalue weighted by molar-refractivity contribution is -0.212. The minimum atomic E-state index is -1.24. The van der Waals surface area contributed by atoms with E-state index in [1.54, 1.807) is 29.3 Å². The number of ether oxygens (including phenoxy) is 3. The fourth-order valence-corrected chi connectivity index (χ4v) is 6.05. The molecule has 1 aromatic heterocycles. The van der Waals surface area contributed by atoms with E-state index < -0.39 is 42.7 Å². The topological polar surface area (TPSA) is 161 Å². The van der Waals surface area contributed by atoms with Crippen molar-refractivity contribution < 1.29 is 39.2 Å². The maximum atomic E-state index is 12.4. The highest BCUT2D eigenvalue weighted by Crippen LogP contribution is 2.36. The third-order valence-corrected chi connectivity index (χ3v) is 8.44. The van der Waals surface area contributed by atoms with E-state index in [0.717, 1.165) is 18.6 Å². The number of piperidine rings is 1. The smallest absolute Gasteiger partial charge is 0.410 e. The van der Waals surface area contributed by atoms with Gasteiger partial charge in [0.25, 0.3) is 0 Å². The van der Waals surface area contributed by atoms with Gasteiger partial charge in [-0.3, -0.25) is 0 Å². The van der Waals surface area contributed by atoms with Crippen LogP contribution in [0.15, 0.2) is 29.6 Å². The molecule has 5 rings (SSSR count). The number of rotatable bonds is 7. The number of likely N-dealkylation sites (tertiary alicyclic amines) is 1. The van der Waals surface area contributed by atoms with Gasteiger partial charge in [0, 0.05) is 37.4 Å². The summed E-state index contributed by atoms with van der Waals surface area (Å²) in [5.74, 6) is 0.660. The normalized spacial score (nSPS) is 28.4. The lowest BCUT2D eigenvalue weighted by atomic mass is 9.86. The molecule has 2 aromatic rings. The zero-order valence-electron chi connectivity index (χ0n) is 24.8. The molecule has 0 bridgehead atoms. The number of methoxy groups -OCH3 is 1. The summed E-state index contributed by atoms with van der Waals surface area (Å²) in [5.41, 5.74) is 1.57. The maximum Gasteiger partial charge on any atom is 0.410 e. The van der Waals surface area contributed by atoms with Gasteiger partial charge >= 0.3 is 6.09 Å². The minimum Gasteiger partial charge on any atom is -0.495 e. The molecule has 1 aromatic carbocycles. The van der Waals surface area contributed by atoms with E-state index in [2.05, 4.69) is 15.5 Å². The Bertz CT molecular complexity index is 1310. The molecule has 43 heavy (non-hydrogen) atoms. The number of hydrogen-bond donors (Lipinski definition) is 3. The van der Waals surface area contributed by atoms with Crippen molar-refractivity contribution in [3.63, 3.8) is 0 Å². The number of oxime groups is 1. The number of nitrogens with zero attached hydrogens (tertiary/aromatic N) is 5. The quantitative estimate of drug-likeness (QED) is 0.419. The minimum absolute atomic E-state index is 0.181. The summed E-state index contributed by atoms with van der Waals surface area (Å²) in [7, 11) is 1.52. The molecule has 13 nitrogen and oxygen atoms in total. The number of benzene rings is 1. The van der Waals surface area contributed by atoms with Crippen molar-refractivity contribution in [1.82, 2.24) is 19.9 Å². The number of aliphatic hydroxyl groups excluding tert-OH is 3. The number of aromatic nitrogens is 3. The van der Waals surface area contributed by atoms with Crippen molar-refractivity contribution in [2.75, 3.05) is 26.8 Å². The Hall–Kier alpha value is -2.97. The molecule has 0 aliphatic carbocycles. The van der Waals surface area contributed by atoms with E-state index in [0.29, 0.717) is 48.0 Å². The molecule has 1 unspecified atom stereocenters. The second-order valence-electron chi connectivity index (χ2n) is 12.3. The van der Waals surface area contributed by atoms with Gasteiger partial charge in [0.1, 0.15) is 47.5 Å². The molecule has 236 valence electrons. The molecule has 0 spiro atoms. The van der Waals surface area contributed by atoms with Gasteiger partial charge in [-0.1, -0.05) is 28.0 Å². The number of halogens is 1. The molecule has 14 heteroatoms. The average Bonchev–Trinajstić information content (AvgIpc) is 3.64. The van der Waals surface area contributed by atoms with Crippen LogP contribution in [0.2, 0.25) is 5.02 Å². The number of aliphatic hydroxyl groups is 3. The largest absolute Gasteiger partial charge is 0.495 e. The Morgan fingerprint density at radius 2 is 1.88 bits per heavy atom. The Morgan fingerprint density at radius 1 is 1.16 bits per heavy atom. The molecule has 0 saturated carbocycles. The first-order valence-electron chi connectivity index (χ1n) is 14.6. The van der Waals surface area contributed by atoms with Gasteiger partial charge in [-0.25, -0.2) is 9.48 Å². The summed E-state index contributed by atoms with van der Waals surface area (Å²) in [4.78, 5) is 19.9. The Balaban J connectivity index is 1.21. The van der Waals surface area contributed by atoms with E-state index in [1.165, 1.54) is 11.8 Å². The maximum absolute atomic E-state index is 12.4. The van der Waals surface area contributed by atoms with Crippen LogP contribution in [0.25, 0.3) is 11.3 Å². The van der Waals surface area contributed by atoms with Crippen LogP contribution in [0.4, 0.5) is 4.79 Å². The van der Waals surface area contributed by atoms with Gasteiger partial charge in [0.15, 0.2) is 0 Å². The number of amides is 1. The van der Waals surface area contributed by atoms with Gasteiger partial charge in [-0.05, 0) is 45.7 Å². The van der Waals surface area contributed by atoms with Crippen LogP contribution in [0, 0.1) is 5.92 Å². The van der Waals surface area contributed by atoms with Crippen LogP contribution in [0.3, 0.4) is 0 Å². The fourth-order valence-electron chi connectivity index (χ4n) is 5.86. The summed E-state index contributed by atoms with van der Waals surface area (Å²) < 4.78 is 18.1. The van der Waals surface area contributed by atoms with Crippen molar-refractivity contribution in [1.29, 1.82) is 0 Å². The van der Waals surface area contributed by atoms with Crippen molar-refractivity contribution in [2.45, 2.75) is 88.6 Å². The molecule has 6 atom stereocenters. The van der Waals surface area contributed by atoms with Gasteiger partial charge in [0.2, 0.25) is 0 Å².